The molecule has 1 heterocycles. The van der Waals surface area contributed by atoms with Crippen LogP contribution in [-0.4, -0.2) is 17.2 Å². The smallest absolute Gasteiger partial charge is 0.339 e. The molecule has 0 atom stereocenters. The summed E-state index contributed by atoms with van der Waals surface area (Å²) in [5, 5.41) is 9.82. The van der Waals surface area contributed by atoms with Gasteiger partial charge in [0.25, 0.3) is 0 Å². The van der Waals surface area contributed by atoms with Crippen LogP contribution < -0.4 is 0 Å². The highest BCUT2D eigenvalue weighted by molar-refractivity contribution is 6.01. The van der Waals surface area contributed by atoms with E-state index in [1.807, 2.05) is 19.9 Å². The maximum absolute atomic E-state index is 11.0. The van der Waals surface area contributed by atoms with E-state index >= 15 is 0 Å². The zero-order chi connectivity index (χ0) is 12.4. The molecule has 1 aromatic carbocycles. The van der Waals surface area contributed by atoms with Crippen LogP contribution in [0, 0.1) is 0 Å². The molecule has 2 rings (SSSR count). The first-order valence-corrected chi connectivity index (χ1v) is 5.43. The molecule has 0 fully saturated rings. The average Bonchev–Trinajstić information content (AvgIpc) is 2.68. The fourth-order valence-corrected chi connectivity index (χ4v) is 1.65. The van der Waals surface area contributed by atoms with E-state index in [1.54, 1.807) is 12.3 Å². The summed E-state index contributed by atoms with van der Waals surface area (Å²) >= 11 is 0. The summed E-state index contributed by atoms with van der Waals surface area (Å²) in [5.41, 5.74) is 1.46. The van der Waals surface area contributed by atoms with Crippen molar-refractivity contribution in [2.75, 3.05) is 0 Å². The molecule has 0 saturated heterocycles. The van der Waals surface area contributed by atoms with Crippen molar-refractivity contribution in [1.29, 1.82) is 0 Å². The molecule has 1 aromatic heterocycles. The maximum atomic E-state index is 11.0. The number of furan rings is 1. The number of carboxylic acids is 1. The van der Waals surface area contributed by atoms with Crippen LogP contribution in [0.15, 0.2) is 28.9 Å². The molecule has 0 bridgehead atoms. The summed E-state index contributed by atoms with van der Waals surface area (Å²) in [6.45, 7) is 4.32. The van der Waals surface area contributed by atoms with Gasteiger partial charge < -0.3 is 14.3 Å². The number of hydrogen-bond acceptors (Lipinski definition) is 3. The van der Waals surface area contributed by atoms with Crippen LogP contribution in [0.3, 0.4) is 0 Å². The van der Waals surface area contributed by atoms with Crippen molar-refractivity contribution in [2.24, 2.45) is 0 Å². The van der Waals surface area contributed by atoms with Gasteiger partial charge in [0.15, 0.2) is 0 Å². The van der Waals surface area contributed by atoms with Crippen LogP contribution in [0.25, 0.3) is 11.0 Å². The number of fused-ring (bicyclic) bond motifs is 1. The Morgan fingerprint density at radius 2 is 2.24 bits per heavy atom. The third-order valence-corrected chi connectivity index (χ3v) is 2.48. The molecule has 4 nitrogen and oxygen atoms in total. The summed E-state index contributed by atoms with van der Waals surface area (Å²) in [6, 6.07) is 5.08. The standard InChI is InChI=1S/C13H14O4/c1-8(2)16-6-9-7-17-12-10(9)4-3-5-11(12)13(14)15/h3-5,7-8H,6H2,1-2H3,(H,14,15). The molecule has 0 aliphatic heterocycles. The number of carbonyl (C=O) groups is 1. The highest BCUT2D eigenvalue weighted by Crippen LogP contribution is 2.25. The van der Waals surface area contributed by atoms with Crippen molar-refractivity contribution in [3.05, 3.63) is 35.6 Å². The van der Waals surface area contributed by atoms with Gasteiger partial charge in [0.1, 0.15) is 11.1 Å². The van der Waals surface area contributed by atoms with Gasteiger partial charge in [-0.25, -0.2) is 4.79 Å². The molecule has 0 aliphatic rings. The summed E-state index contributed by atoms with van der Waals surface area (Å²) < 4.78 is 10.8. The van der Waals surface area contributed by atoms with Crippen molar-refractivity contribution < 1.29 is 19.1 Å². The molecule has 17 heavy (non-hydrogen) atoms. The van der Waals surface area contributed by atoms with E-state index in [0.29, 0.717) is 12.2 Å². The lowest BCUT2D eigenvalue weighted by molar-refractivity contribution is 0.0660. The van der Waals surface area contributed by atoms with Crippen molar-refractivity contribution in [3.8, 4) is 0 Å². The van der Waals surface area contributed by atoms with E-state index in [9.17, 15) is 4.79 Å². The second-order valence-electron chi connectivity index (χ2n) is 4.11. The van der Waals surface area contributed by atoms with E-state index in [2.05, 4.69) is 0 Å². The largest absolute Gasteiger partial charge is 0.478 e. The molecule has 90 valence electrons. The van der Waals surface area contributed by atoms with Crippen LogP contribution in [0.1, 0.15) is 29.8 Å². The molecule has 4 heteroatoms. The average molecular weight is 234 g/mol. The number of aromatic carboxylic acids is 1. The fourth-order valence-electron chi connectivity index (χ4n) is 1.65. The van der Waals surface area contributed by atoms with Crippen LogP contribution in [0.2, 0.25) is 0 Å². The van der Waals surface area contributed by atoms with Gasteiger partial charge in [-0.2, -0.15) is 0 Å². The Labute approximate surface area is 98.8 Å². The number of carboxylic acid groups (broad SMARTS) is 1. The number of rotatable bonds is 4. The van der Waals surface area contributed by atoms with Crippen LogP contribution >= 0.6 is 0 Å². The normalized spacial score (nSPS) is 11.2. The van der Waals surface area contributed by atoms with Gasteiger partial charge in [0, 0.05) is 10.9 Å². The van der Waals surface area contributed by atoms with E-state index in [0.717, 1.165) is 10.9 Å². The lowest BCUT2D eigenvalue weighted by Gasteiger charge is -2.05. The number of hydrogen-bond donors (Lipinski definition) is 1. The molecule has 1 N–H and O–H groups in total. The topological polar surface area (TPSA) is 59.7 Å². The molecule has 0 saturated carbocycles. The summed E-state index contributed by atoms with van der Waals surface area (Å²) in [7, 11) is 0. The predicted molar refractivity (Wildman–Crippen MR) is 63.1 cm³/mol. The van der Waals surface area contributed by atoms with E-state index < -0.39 is 5.97 Å². The quantitative estimate of drug-likeness (QED) is 0.883. The van der Waals surface area contributed by atoms with Gasteiger partial charge in [-0.15, -0.1) is 0 Å². The van der Waals surface area contributed by atoms with Crippen LogP contribution in [-0.2, 0) is 11.3 Å². The minimum absolute atomic E-state index is 0.127. The first-order valence-electron chi connectivity index (χ1n) is 5.43. The van der Waals surface area contributed by atoms with Gasteiger partial charge in [-0.05, 0) is 19.9 Å². The third-order valence-electron chi connectivity index (χ3n) is 2.48. The van der Waals surface area contributed by atoms with Crippen molar-refractivity contribution >= 4 is 16.9 Å². The Balaban J connectivity index is 2.40. The number of benzene rings is 1. The molecular weight excluding hydrogens is 220 g/mol. The molecule has 0 radical (unpaired) electrons. The van der Waals surface area contributed by atoms with Gasteiger partial charge >= 0.3 is 5.97 Å². The second-order valence-corrected chi connectivity index (χ2v) is 4.11. The number of ether oxygens (including phenoxy) is 1. The highest BCUT2D eigenvalue weighted by atomic mass is 16.5. The monoisotopic (exact) mass is 234 g/mol. The number of para-hydroxylation sites is 1. The molecular formula is C13H14O4. The third kappa shape index (κ3) is 2.31. The van der Waals surface area contributed by atoms with Crippen LogP contribution in [0.5, 0.6) is 0 Å². The molecule has 0 aliphatic carbocycles. The van der Waals surface area contributed by atoms with Gasteiger partial charge in [0.05, 0.1) is 19.0 Å². The minimum atomic E-state index is -0.985. The van der Waals surface area contributed by atoms with Crippen molar-refractivity contribution in [2.45, 2.75) is 26.6 Å². The Morgan fingerprint density at radius 3 is 2.88 bits per heavy atom. The molecule has 0 unspecified atom stereocenters. The Kier molecular flexibility index (Phi) is 3.15. The lowest BCUT2D eigenvalue weighted by Crippen LogP contribution is -2.01. The van der Waals surface area contributed by atoms with Gasteiger partial charge in [0.2, 0.25) is 0 Å². The zero-order valence-electron chi connectivity index (χ0n) is 9.77. The first kappa shape index (κ1) is 11.7. The second kappa shape index (κ2) is 4.59. The van der Waals surface area contributed by atoms with Crippen molar-refractivity contribution in [3.63, 3.8) is 0 Å². The van der Waals surface area contributed by atoms with Gasteiger partial charge in [-0.3, -0.25) is 0 Å². The minimum Gasteiger partial charge on any atom is -0.478 e. The van der Waals surface area contributed by atoms with Gasteiger partial charge in [-0.1, -0.05) is 12.1 Å². The van der Waals surface area contributed by atoms with E-state index in [1.165, 1.54) is 6.07 Å². The molecule has 0 amide bonds. The first-order chi connectivity index (χ1) is 8.09. The SMILES string of the molecule is CC(C)OCc1coc2c(C(=O)O)cccc12. The lowest BCUT2D eigenvalue weighted by atomic mass is 10.1. The maximum Gasteiger partial charge on any atom is 0.339 e. The Morgan fingerprint density at radius 1 is 1.47 bits per heavy atom. The zero-order valence-corrected chi connectivity index (χ0v) is 9.77. The van der Waals surface area contributed by atoms with Crippen molar-refractivity contribution in [1.82, 2.24) is 0 Å². The molecule has 0 spiro atoms. The summed E-state index contributed by atoms with van der Waals surface area (Å²) in [5.74, 6) is -0.985. The summed E-state index contributed by atoms with van der Waals surface area (Å²) in [6.07, 6.45) is 1.68. The highest BCUT2D eigenvalue weighted by Gasteiger charge is 2.14. The predicted octanol–water partition coefficient (Wildman–Crippen LogP) is 3.06. The fraction of sp³-hybridized carbons (Fsp3) is 0.308. The van der Waals surface area contributed by atoms with E-state index in [-0.39, 0.29) is 11.7 Å². The van der Waals surface area contributed by atoms with Crippen LogP contribution in [0.4, 0.5) is 0 Å². The molecule has 2 aromatic rings. The Hall–Kier alpha value is -1.81. The summed E-state index contributed by atoms with van der Waals surface area (Å²) in [4.78, 5) is 11.0. The van der Waals surface area contributed by atoms with E-state index in [4.69, 9.17) is 14.3 Å². The Bertz CT molecular complexity index is 539.